The number of halogens is 3. The third-order valence-corrected chi connectivity index (χ3v) is 5.99. The molecule has 0 amide bonds. The molecule has 0 unspecified atom stereocenters. The minimum atomic E-state index is -4.37. The van der Waals surface area contributed by atoms with E-state index < -0.39 is 11.7 Å². The zero-order valence-electron chi connectivity index (χ0n) is 18.6. The van der Waals surface area contributed by atoms with Crippen LogP contribution < -0.4 is 0 Å². The van der Waals surface area contributed by atoms with Crippen LogP contribution in [0.25, 0.3) is 22.6 Å². The summed E-state index contributed by atoms with van der Waals surface area (Å²) < 4.78 is 38.5. The predicted octanol–water partition coefficient (Wildman–Crippen LogP) is 5.65. The van der Waals surface area contributed by atoms with Crippen LogP contribution in [-0.4, -0.2) is 26.4 Å². The lowest BCUT2D eigenvalue weighted by Gasteiger charge is -2.27. The molecule has 3 heterocycles. The summed E-state index contributed by atoms with van der Waals surface area (Å²) in [5, 5.41) is 8.99. The first-order chi connectivity index (χ1) is 16.9. The summed E-state index contributed by atoms with van der Waals surface area (Å²) in [6, 6.07) is 20.3. The zero-order valence-corrected chi connectivity index (χ0v) is 18.6. The molecular formula is C27H20F3N5. The number of fused-ring (bicyclic) bond motifs is 1. The van der Waals surface area contributed by atoms with Crippen LogP contribution in [0.2, 0.25) is 0 Å². The van der Waals surface area contributed by atoms with Crippen molar-refractivity contribution >= 4 is 0 Å². The second kappa shape index (κ2) is 9.28. The fourth-order valence-corrected chi connectivity index (χ4v) is 4.13. The van der Waals surface area contributed by atoms with E-state index in [0.717, 1.165) is 53.3 Å². The van der Waals surface area contributed by atoms with Gasteiger partial charge in [0.05, 0.1) is 34.3 Å². The van der Waals surface area contributed by atoms with E-state index >= 15 is 0 Å². The minimum Gasteiger partial charge on any atom is -0.293 e. The molecule has 2 aromatic carbocycles. The van der Waals surface area contributed by atoms with E-state index in [4.69, 9.17) is 10.2 Å². The number of aromatic nitrogens is 3. The van der Waals surface area contributed by atoms with Crippen LogP contribution in [0.5, 0.6) is 0 Å². The number of nitriles is 1. The topological polar surface area (TPSA) is 65.7 Å². The Morgan fingerprint density at radius 3 is 2.37 bits per heavy atom. The quantitative estimate of drug-likeness (QED) is 0.385. The molecule has 2 aromatic heterocycles. The number of hydrogen-bond donors (Lipinski definition) is 0. The van der Waals surface area contributed by atoms with Gasteiger partial charge in [0.2, 0.25) is 0 Å². The van der Waals surface area contributed by atoms with Crippen molar-refractivity contribution in [2.75, 3.05) is 6.54 Å². The summed E-state index contributed by atoms with van der Waals surface area (Å²) in [5.41, 5.74) is 5.17. The largest absolute Gasteiger partial charge is 0.416 e. The highest BCUT2D eigenvalue weighted by Crippen LogP contribution is 2.31. The van der Waals surface area contributed by atoms with E-state index in [1.807, 2.05) is 30.3 Å². The van der Waals surface area contributed by atoms with Gasteiger partial charge in [-0.25, -0.2) is 9.97 Å². The highest BCUT2D eigenvalue weighted by atomic mass is 19.4. The average Bonchev–Trinajstić information content (AvgIpc) is 2.88. The van der Waals surface area contributed by atoms with Gasteiger partial charge in [-0.05, 0) is 36.4 Å². The van der Waals surface area contributed by atoms with E-state index in [1.54, 1.807) is 18.3 Å². The molecule has 0 radical (unpaired) electrons. The lowest BCUT2D eigenvalue weighted by Crippen LogP contribution is -2.31. The Kier molecular flexibility index (Phi) is 6.01. The van der Waals surface area contributed by atoms with Gasteiger partial charge >= 0.3 is 6.18 Å². The molecule has 0 aliphatic carbocycles. The standard InChI is InChI=1S/C27H20F3N5/c28-27(29,30)22-10-8-20(9-11-22)26-32-15-21-16-35(13-12-25(21)34-26)17-23-2-1-3-24(33-23)19-6-4-18(14-31)5-7-19/h1-11,15H,12-13,16-17H2. The summed E-state index contributed by atoms with van der Waals surface area (Å²) >= 11 is 0. The van der Waals surface area contributed by atoms with Crippen molar-refractivity contribution in [2.45, 2.75) is 25.7 Å². The molecule has 0 saturated heterocycles. The summed E-state index contributed by atoms with van der Waals surface area (Å²) in [5.74, 6) is 0.433. The summed E-state index contributed by atoms with van der Waals surface area (Å²) in [6.45, 7) is 2.13. The van der Waals surface area contributed by atoms with Crippen molar-refractivity contribution in [3.63, 3.8) is 0 Å². The lowest BCUT2D eigenvalue weighted by molar-refractivity contribution is -0.137. The van der Waals surface area contributed by atoms with E-state index in [0.29, 0.717) is 30.0 Å². The minimum absolute atomic E-state index is 0.433. The van der Waals surface area contributed by atoms with Crippen molar-refractivity contribution in [1.82, 2.24) is 19.9 Å². The molecule has 5 rings (SSSR count). The maximum atomic E-state index is 12.8. The van der Waals surface area contributed by atoms with Crippen molar-refractivity contribution in [3.8, 4) is 28.7 Å². The van der Waals surface area contributed by atoms with E-state index in [9.17, 15) is 13.2 Å². The Labute approximate surface area is 200 Å². The molecule has 1 aliphatic rings. The maximum Gasteiger partial charge on any atom is 0.416 e. The van der Waals surface area contributed by atoms with Crippen LogP contribution in [0.3, 0.4) is 0 Å². The predicted molar refractivity (Wildman–Crippen MR) is 125 cm³/mol. The molecule has 35 heavy (non-hydrogen) atoms. The molecule has 8 heteroatoms. The highest BCUT2D eigenvalue weighted by Gasteiger charge is 2.30. The molecule has 0 spiro atoms. The number of alkyl halides is 3. The lowest BCUT2D eigenvalue weighted by atomic mass is 10.1. The van der Waals surface area contributed by atoms with Gasteiger partial charge in [0.15, 0.2) is 5.82 Å². The van der Waals surface area contributed by atoms with Crippen molar-refractivity contribution in [2.24, 2.45) is 0 Å². The van der Waals surface area contributed by atoms with Crippen LogP contribution in [0.15, 0.2) is 72.9 Å². The smallest absolute Gasteiger partial charge is 0.293 e. The van der Waals surface area contributed by atoms with Crippen molar-refractivity contribution in [3.05, 3.63) is 101 Å². The molecule has 0 N–H and O–H groups in total. The maximum absolute atomic E-state index is 12.8. The molecule has 0 bridgehead atoms. The third-order valence-electron chi connectivity index (χ3n) is 5.99. The van der Waals surface area contributed by atoms with E-state index in [1.165, 1.54) is 12.1 Å². The van der Waals surface area contributed by atoms with Crippen LogP contribution in [-0.2, 0) is 25.7 Å². The average molecular weight is 471 g/mol. The fraction of sp³-hybridized carbons (Fsp3) is 0.185. The third kappa shape index (κ3) is 5.05. The summed E-state index contributed by atoms with van der Waals surface area (Å²) in [6.07, 6.45) is -1.88. The fourth-order valence-electron chi connectivity index (χ4n) is 4.13. The Bertz CT molecular complexity index is 1390. The van der Waals surface area contributed by atoms with Crippen LogP contribution >= 0.6 is 0 Å². The van der Waals surface area contributed by atoms with Gasteiger partial charge in [-0.2, -0.15) is 18.4 Å². The Morgan fingerprint density at radius 2 is 1.66 bits per heavy atom. The first-order valence-electron chi connectivity index (χ1n) is 11.1. The molecule has 0 atom stereocenters. The first kappa shape index (κ1) is 22.7. The van der Waals surface area contributed by atoms with Gasteiger partial charge in [-0.1, -0.05) is 30.3 Å². The van der Waals surface area contributed by atoms with Crippen LogP contribution in [0.1, 0.15) is 28.1 Å². The SMILES string of the molecule is N#Cc1ccc(-c2cccc(CN3CCc4nc(-c5ccc(C(F)(F)F)cc5)ncc4C3)n2)cc1. The number of hydrogen-bond acceptors (Lipinski definition) is 5. The first-order valence-corrected chi connectivity index (χ1v) is 11.1. The Hall–Kier alpha value is -4.09. The van der Waals surface area contributed by atoms with Gasteiger partial charge < -0.3 is 0 Å². The van der Waals surface area contributed by atoms with Crippen LogP contribution in [0.4, 0.5) is 13.2 Å². The van der Waals surface area contributed by atoms with Gasteiger partial charge in [-0.3, -0.25) is 9.88 Å². The summed E-state index contributed by atoms with van der Waals surface area (Å²) in [4.78, 5) is 16.1. The molecule has 174 valence electrons. The Balaban J connectivity index is 1.28. The molecule has 4 aromatic rings. The number of pyridine rings is 1. The summed E-state index contributed by atoms with van der Waals surface area (Å²) in [7, 11) is 0. The molecule has 0 fully saturated rings. The van der Waals surface area contributed by atoms with Crippen molar-refractivity contribution in [1.29, 1.82) is 5.26 Å². The molecule has 5 nitrogen and oxygen atoms in total. The van der Waals surface area contributed by atoms with Gasteiger partial charge in [-0.15, -0.1) is 0 Å². The van der Waals surface area contributed by atoms with Gasteiger partial charge in [0, 0.05) is 48.9 Å². The second-order valence-electron chi connectivity index (χ2n) is 8.40. The molecular weight excluding hydrogens is 451 g/mol. The van der Waals surface area contributed by atoms with E-state index in [-0.39, 0.29) is 0 Å². The monoisotopic (exact) mass is 471 g/mol. The number of nitrogens with zero attached hydrogens (tertiary/aromatic N) is 5. The Morgan fingerprint density at radius 1 is 0.914 bits per heavy atom. The van der Waals surface area contributed by atoms with Gasteiger partial charge in [0.1, 0.15) is 0 Å². The van der Waals surface area contributed by atoms with E-state index in [2.05, 4.69) is 20.9 Å². The van der Waals surface area contributed by atoms with Crippen LogP contribution in [0, 0.1) is 11.3 Å². The number of benzene rings is 2. The normalized spacial score (nSPS) is 13.8. The molecule has 0 saturated carbocycles. The van der Waals surface area contributed by atoms with Crippen molar-refractivity contribution < 1.29 is 13.2 Å². The second-order valence-corrected chi connectivity index (χ2v) is 8.40. The highest BCUT2D eigenvalue weighted by molar-refractivity contribution is 5.60. The molecule has 1 aliphatic heterocycles. The van der Waals surface area contributed by atoms with Gasteiger partial charge in [0.25, 0.3) is 0 Å². The zero-order chi connectivity index (χ0) is 24.4. The number of rotatable bonds is 4.